The molecule has 0 aromatic heterocycles. The number of hydrogen-bond acceptors (Lipinski definition) is 3. The van der Waals surface area contributed by atoms with E-state index in [-0.39, 0.29) is 4.08 Å². The third-order valence-electron chi connectivity index (χ3n) is 3.33. The van der Waals surface area contributed by atoms with Crippen LogP contribution in [0.25, 0.3) is 0 Å². The Balaban J connectivity index is 1.94. The van der Waals surface area contributed by atoms with Crippen LogP contribution in [0, 0.1) is 0 Å². The molecule has 1 fully saturated rings. The standard InChI is InChI=1S/C15H20OS2/c1-2-15(17-11-6-12-18-15)14(16)10-9-13-7-4-3-5-8-13/h3-5,7-8H,2,6,9-12H2,1H3. The summed E-state index contributed by atoms with van der Waals surface area (Å²) in [5.41, 5.74) is 1.27. The molecule has 3 heteroatoms. The van der Waals surface area contributed by atoms with Crippen molar-refractivity contribution in [2.24, 2.45) is 0 Å². The van der Waals surface area contributed by atoms with Gasteiger partial charge in [-0.3, -0.25) is 4.79 Å². The van der Waals surface area contributed by atoms with Gasteiger partial charge in [-0.25, -0.2) is 0 Å². The van der Waals surface area contributed by atoms with Gasteiger partial charge in [0, 0.05) is 6.42 Å². The minimum absolute atomic E-state index is 0.146. The lowest BCUT2D eigenvalue weighted by Gasteiger charge is -2.33. The van der Waals surface area contributed by atoms with Crippen LogP contribution in [0.3, 0.4) is 0 Å². The van der Waals surface area contributed by atoms with E-state index >= 15 is 0 Å². The molecule has 0 N–H and O–H groups in total. The highest BCUT2D eigenvalue weighted by atomic mass is 32.2. The largest absolute Gasteiger partial charge is 0.297 e. The summed E-state index contributed by atoms with van der Waals surface area (Å²) in [5.74, 6) is 2.71. The summed E-state index contributed by atoms with van der Waals surface area (Å²) in [6.45, 7) is 2.14. The van der Waals surface area contributed by atoms with E-state index in [0.717, 1.165) is 24.3 Å². The molecule has 1 aromatic carbocycles. The fraction of sp³-hybridized carbons (Fsp3) is 0.533. The van der Waals surface area contributed by atoms with Gasteiger partial charge in [0.15, 0.2) is 5.78 Å². The van der Waals surface area contributed by atoms with Gasteiger partial charge < -0.3 is 0 Å². The second kappa shape index (κ2) is 6.67. The molecular weight excluding hydrogens is 260 g/mol. The Morgan fingerprint density at radius 1 is 1.22 bits per heavy atom. The van der Waals surface area contributed by atoms with Gasteiger partial charge in [0.05, 0.1) is 0 Å². The Labute approximate surface area is 118 Å². The quantitative estimate of drug-likeness (QED) is 0.806. The van der Waals surface area contributed by atoms with Gasteiger partial charge >= 0.3 is 0 Å². The minimum atomic E-state index is -0.146. The predicted molar refractivity (Wildman–Crippen MR) is 82.3 cm³/mol. The molecule has 98 valence electrons. The number of aryl methyl sites for hydroxylation is 1. The summed E-state index contributed by atoms with van der Waals surface area (Å²) in [6, 6.07) is 10.3. The van der Waals surface area contributed by atoms with Crippen molar-refractivity contribution in [2.75, 3.05) is 11.5 Å². The van der Waals surface area contributed by atoms with Gasteiger partial charge in [-0.05, 0) is 36.3 Å². The van der Waals surface area contributed by atoms with Crippen LogP contribution in [0.4, 0.5) is 0 Å². The van der Waals surface area contributed by atoms with Crippen LogP contribution in [0.1, 0.15) is 31.7 Å². The van der Waals surface area contributed by atoms with Gasteiger partial charge in [-0.15, -0.1) is 23.5 Å². The molecule has 0 aliphatic carbocycles. The fourth-order valence-electron chi connectivity index (χ4n) is 2.23. The normalized spacial score (nSPS) is 18.5. The van der Waals surface area contributed by atoms with E-state index in [0.29, 0.717) is 12.2 Å². The predicted octanol–water partition coefficient (Wildman–Crippen LogP) is 4.16. The van der Waals surface area contributed by atoms with E-state index in [1.165, 1.54) is 12.0 Å². The smallest absolute Gasteiger partial charge is 0.159 e. The zero-order valence-electron chi connectivity index (χ0n) is 10.9. The van der Waals surface area contributed by atoms with Crippen molar-refractivity contribution in [1.29, 1.82) is 0 Å². The molecule has 1 aliphatic rings. The monoisotopic (exact) mass is 280 g/mol. The third kappa shape index (κ3) is 3.33. The molecule has 1 aliphatic heterocycles. The minimum Gasteiger partial charge on any atom is -0.297 e. The number of Topliss-reactive ketones (excluding diaryl/α,β-unsaturated/α-hetero) is 1. The molecule has 1 aromatic rings. The van der Waals surface area contributed by atoms with E-state index in [1.54, 1.807) is 0 Å². The summed E-state index contributed by atoms with van der Waals surface area (Å²) in [7, 11) is 0. The van der Waals surface area contributed by atoms with Crippen molar-refractivity contribution >= 4 is 29.3 Å². The van der Waals surface area contributed by atoms with E-state index in [2.05, 4.69) is 19.1 Å². The number of carbonyl (C=O) groups is 1. The summed E-state index contributed by atoms with van der Waals surface area (Å²) in [5, 5.41) is 0. The van der Waals surface area contributed by atoms with Crippen molar-refractivity contribution < 1.29 is 4.79 Å². The van der Waals surface area contributed by atoms with Crippen molar-refractivity contribution in [1.82, 2.24) is 0 Å². The van der Waals surface area contributed by atoms with Crippen molar-refractivity contribution in [2.45, 2.75) is 36.7 Å². The van der Waals surface area contributed by atoms with Gasteiger partial charge in [0.25, 0.3) is 0 Å². The van der Waals surface area contributed by atoms with Crippen LogP contribution in [-0.2, 0) is 11.2 Å². The third-order valence-corrected chi connectivity index (χ3v) is 6.99. The lowest BCUT2D eigenvalue weighted by molar-refractivity contribution is -0.119. The van der Waals surface area contributed by atoms with Crippen molar-refractivity contribution in [3.63, 3.8) is 0 Å². The van der Waals surface area contributed by atoms with Gasteiger partial charge in [0.2, 0.25) is 0 Å². The first kappa shape index (κ1) is 14.0. The maximum Gasteiger partial charge on any atom is 0.159 e. The highest BCUT2D eigenvalue weighted by Crippen LogP contribution is 2.46. The summed E-state index contributed by atoms with van der Waals surface area (Å²) in [4.78, 5) is 12.5. The second-order valence-corrected chi connectivity index (χ2v) is 7.61. The number of hydrogen-bond donors (Lipinski definition) is 0. The SMILES string of the molecule is CCC1(C(=O)CCc2ccccc2)SCCCS1. The molecule has 0 amide bonds. The van der Waals surface area contributed by atoms with E-state index in [1.807, 2.05) is 41.7 Å². The highest BCUT2D eigenvalue weighted by molar-refractivity contribution is 8.19. The van der Waals surface area contributed by atoms with E-state index < -0.39 is 0 Å². The summed E-state index contributed by atoms with van der Waals surface area (Å²) >= 11 is 3.73. The van der Waals surface area contributed by atoms with Gasteiger partial charge in [-0.1, -0.05) is 37.3 Å². The summed E-state index contributed by atoms with van der Waals surface area (Å²) in [6.07, 6.45) is 3.75. The zero-order valence-corrected chi connectivity index (χ0v) is 12.5. The second-order valence-electron chi connectivity index (χ2n) is 4.57. The maximum atomic E-state index is 12.5. The average molecular weight is 280 g/mol. The summed E-state index contributed by atoms with van der Waals surface area (Å²) < 4.78 is -0.146. The van der Waals surface area contributed by atoms with Crippen LogP contribution >= 0.6 is 23.5 Å². The Kier molecular flexibility index (Phi) is 5.19. The van der Waals surface area contributed by atoms with Crippen LogP contribution in [-0.4, -0.2) is 21.4 Å². The number of rotatable bonds is 5. The average Bonchev–Trinajstić information content (AvgIpc) is 2.46. The fourth-order valence-corrected chi connectivity index (χ4v) is 5.42. The van der Waals surface area contributed by atoms with Crippen molar-refractivity contribution in [3.8, 4) is 0 Å². The van der Waals surface area contributed by atoms with Gasteiger partial charge in [-0.2, -0.15) is 0 Å². The molecule has 1 saturated heterocycles. The Bertz CT molecular complexity index is 383. The molecule has 18 heavy (non-hydrogen) atoms. The van der Waals surface area contributed by atoms with E-state index in [4.69, 9.17) is 0 Å². The Morgan fingerprint density at radius 2 is 1.89 bits per heavy atom. The molecule has 1 heterocycles. The van der Waals surface area contributed by atoms with Crippen molar-refractivity contribution in [3.05, 3.63) is 35.9 Å². The molecule has 2 rings (SSSR count). The molecule has 0 spiro atoms. The Morgan fingerprint density at radius 3 is 2.50 bits per heavy atom. The lowest BCUT2D eigenvalue weighted by Crippen LogP contribution is -2.34. The van der Waals surface area contributed by atoms with Crippen LogP contribution in [0.2, 0.25) is 0 Å². The Hall–Kier alpha value is -0.410. The van der Waals surface area contributed by atoms with Crippen LogP contribution in [0.15, 0.2) is 30.3 Å². The molecule has 0 unspecified atom stereocenters. The number of benzene rings is 1. The maximum absolute atomic E-state index is 12.5. The van der Waals surface area contributed by atoms with E-state index in [9.17, 15) is 4.79 Å². The first-order valence-corrected chi connectivity index (χ1v) is 8.59. The molecule has 0 atom stereocenters. The molecule has 0 radical (unpaired) electrons. The number of carbonyl (C=O) groups excluding carboxylic acids is 1. The lowest BCUT2D eigenvalue weighted by atomic mass is 10.0. The van der Waals surface area contributed by atoms with Crippen LogP contribution in [0.5, 0.6) is 0 Å². The number of thioether (sulfide) groups is 2. The molecule has 0 saturated carbocycles. The molecule has 1 nitrogen and oxygen atoms in total. The highest BCUT2D eigenvalue weighted by Gasteiger charge is 2.38. The molecule has 0 bridgehead atoms. The first-order valence-electron chi connectivity index (χ1n) is 6.62. The zero-order chi connectivity index (χ0) is 12.8. The topological polar surface area (TPSA) is 17.1 Å². The number of ketones is 1. The molecular formula is C15H20OS2. The van der Waals surface area contributed by atoms with Gasteiger partial charge in [0.1, 0.15) is 4.08 Å². The van der Waals surface area contributed by atoms with Crippen LogP contribution < -0.4 is 0 Å². The first-order chi connectivity index (χ1) is 8.77.